The van der Waals surface area contributed by atoms with Crippen LogP contribution in [0, 0.1) is 17.8 Å². The zero-order valence-electron chi connectivity index (χ0n) is 13.2. The molecule has 5 nitrogen and oxygen atoms in total. The topological polar surface area (TPSA) is 75.4 Å². The van der Waals surface area contributed by atoms with Crippen molar-refractivity contribution in [2.75, 3.05) is 20.6 Å². The molecule has 0 bridgehead atoms. The molecule has 0 saturated heterocycles. The van der Waals surface area contributed by atoms with Crippen LogP contribution < -0.4 is 11.1 Å². The average molecular weight is 283 g/mol. The quantitative estimate of drug-likeness (QED) is 0.790. The van der Waals surface area contributed by atoms with Gasteiger partial charge in [0.2, 0.25) is 11.8 Å². The number of amides is 2. The molecular formula is C15H29N3O2. The van der Waals surface area contributed by atoms with Gasteiger partial charge in [-0.2, -0.15) is 0 Å². The molecule has 4 unspecified atom stereocenters. The lowest BCUT2D eigenvalue weighted by atomic mass is 9.78. The van der Waals surface area contributed by atoms with Gasteiger partial charge in [-0.15, -0.1) is 0 Å². The van der Waals surface area contributed by atoms with E-state index in [1.165, 1.54) is 0 Å². The van der Waals surface area contributed by atoms with E-state index in [1.807, 2.05) is 13.8 Å². The van der Waals surface area contributed by atoms with Crippen molar-refractivity contribution >= 4 is 11.8 Å². The molecule has 2 amide bonds. The number of nitrogens with one attached hydrogen (secondary N) is 1. The molecule has 20 heavy (non-hydrogen) atoms. The maximum atomic E-state index is 12.4. The first kappa shape index (κ1) is 17.0. The van der Waals surface area contributed by atoms with Crippen molar-refractivity contribution in [2.45, 2.75) is 45.6 Å². The summed E-state index contributed by atoms with van der Waals surface area (Å²) in [6.07, 6.45) is 4.20. The van der Waals surface area contributed by atoms with Crippen LogP contribution in [0.5, 0.6) is 0 Å². The molecule has 5 heteroatoms. The van der Waals surface area contributed by atoms with Crippen molar-refractivity contribution in [3.8, 4) is 0 Å². The number of hydrogen-bond donors (Lipinski definition) is 2. The maximum absolute atomic E-state index is 12.4. The molecule has 1 aliphatic carbocycles. The lowest BCUT2D eigenvalue weighted by Gasteiger charge is -2.33. The van der Waals surface area contributed by atoms with Gasteiger partial charge in [0.1, 0.15) is 0 Å². The summed E-state index contributed by atoms with van der Waals surface area (Å²) in [5.41, 5.74) is 6.00. The normalized spacial score (nSPS) is 25.6. The van der Waals surface area contributed by atoms with Crippen LogP contribution in [0.2, 0.25) is 0 Å². The number of carbonyl (C=O) groups excluding carboxylic acids is 2. The van der Waals surface area contributed by atoms with E-state index in [-0.39, 0.29) is 29.7 Å². The molecule has 3 N–H and O–H groups in total. The van der Waals surface area contributed by atoms with Crippen LogP contribution in [-0.4, -0.2) is 43.4 Å². The van der Waals surface area contributed by atoms with Crippen molar-refractivity contribution in [1.82, 2.24) is 10.2 Å². The number of rotatable bonds is 5. The van der Waals surface area contributed by atoms with Crippen LogP contribution in [0.25, 0.3) is 0 Å². The van der Waals surface area contributed by atoms with Crippen molar-refractivity contribution in [3.63, 3.8) is 0 Å². The SMILES string of the molecule is CNC(=O)C(C)CN(C)C(=O)C(C)C1CCCC(N)C1. The smallest absolute Gasteiger partial charge is 0.225 e. The number of carbonyl (C=O) groups is 2. The largest absolute Gasteiger partial charge is 0.359 e. The molecule has 1 saturated carbocycles. The second-order valence-corrected chi connectivity index (χ2v) is 6.21. The maximum Gasteiger partial charge on any atom is 0.225 e. The summed E-state index contributed by atoms with van der Waals surface area (Å²) < 4.78 is 0. The highest BCUT2D eigenvalue weighted by Crippen LogP contribution is 2.30. The molecule has 0 aliphatic heterocycles. The van der Waals surface area contributed by atoms with Gasteiger partial charge in [-0.1, -0.05) is 20.3 Å². The Labute approximate surface area is 122 Å². The third kappa shape index (κ3) is 4.47. The molecule has 0 radical (unpaired) electrons. The van der Waals surface area contributed by atoms with Crippen molar-refractivity contribution in [1.29, 1.82) is 0 Å². The Morgan fingerprint density at radius 1 is 1.35 bits per heavy atom. The van der Waals surface area contributed by atoms with Crippen LogP contribution in [0.3, 0.4) is 0 Å². The van der Waals surface area contributed by atoms with E-state index in [1.54, 1.807) is 19.0 Å². The zero-order chi connectivity index (χ0) is 15.3. The summed E-state index contributed by atoms with van der Waals surface area (Å²) in [5.74, 6) is 0.277. The van der Waals surface area contributed by atoms with E-state index in [9.17, 15) is 9.59 Å². The first-order valence-electron chi connectivity index (χ1n) is 7.59. The predicted octanol–water partition coefficient (Wildman–Crippen LogP) is 0.980. The summed E-state index contributed by atoms with van der Waals surface area (Å²) in [6, 6.07) is 0.235. The van der Waals surface area contributed by atoms with Gasteiger partial charge in [0.15, 0.2) is 0 Å². The summed E-state index contributed by atoms with van der Waals surface area (Å²) in [4.78, 5) is 25.7. The lowest BCUT2D eigenvalue weighted by Crippen LogP contribution is -2.42. The molecule has 0 heterocycles. The Morgan fingerprint density at radius 2 is 2.00 bits per heavy atom. The Morgan fingerprint density at radius 3 is 2.55 bits per heavy atom. The van der Waals surface area contributed by atoms with Gasteiger partial charge in [-0.25, -0.2) is 0 Å². The molecule has 1 aliphatic rings. The fourth-order valence-corrected chi connectivity index (χ4v) is 3.10. The highest BCUT2D eigenvalue weighted by molar-refractivity contribution is 5.81. The average Bonchev–Trinajstić information content (AvgIpc) is 2.44. The highest BCUT2D eigenvalue weighted by atomic mass is 16.2. The van der Waals surface area contributed by atoms with Gasteiger partial charge in [0.25, 0.3) is 0 Å². The molecule has 116 valence electrons. The van der Waals surface area contributed by atoms with Gasteiger partial charge in [0.05, 0.1) is 5.92 Å². The van der Waals surface area contributed by atoms with Crippen LogP contribution in [0.15, 0.2) is 0 Å². The minimum Gasteiger partial charge on any atom is -0.359 e. The van der Waals surface area contributed by atoms with Crippen molar-refractivity contribution in [3.05, 3.63) is 0 Å². The minimum absolute atomic E-state index is 0.0109. The van der Waals surface area contributed by atoms with Gasteiger partial charge in [-0.3, -0.25) is 9.59 Å². The standard InChI is InChI=1S/C15H29N3O2/c1-10(14(19)17-3)9-18(4)15(20)11(2)12-6-5-7-13(16)8-12/h10-13H,5-9,16H2,1-4H3,(H,17,19). The van der Waals surface area contributed by atoms with E-state index in [0.29, 0.717) is 12.5 Å². The molecule has 0 spiro atoms. The third-order valence-electron chi connectivity index (χ3n) is 4.47. The van der Waals surface area contributed by atoms with Gasteiger partial charge in [-0.05, 0) is 25.2 Å². The summed E-state index contributed by atoms with van der Waals surface area (Å²) >= 11 is 0. The molecule has 1 rings (SSSR count). The molecule has 0 aromatic carbocycles. The number of hydrogen-bond acceptors (Lipinski definition) is 3. The van der Waals surface area contributed by atoms with E-state index in [2.05, 4.69) is 5.32 Å². The molecule has 4 atom stereocenters. The Kier molecular flexibility index (Phi) is 6.46. The summed E-state index contributed by atoms with van der Waals surface area (Å²) in [7, 11) is 3.40. The number of nitrogens with zero attached hydrogens (tertiary/aromatic N) is 1. The third-order valence-corrected chi connectivity index (χ3v) is 4.47. The fraction of sp³-hybridized carbons (Fsp3) is 0.867. The molecule has 0 aromatic heterocycles. The second kappa shape index (κ2) is 7.62. The van der Waals surface area contributed by atoms with E-state index in [0.717, 1.165) is 25.7 Å². The first-order chi connectivity index (χ1) is 9.36. The van der Waals surface area contributed by atoms with Crippen LogP contribution >= 0.6 is 0 Å². The van der Waals surface area contributed by atoms with Gasteiger partial charge in [0, 0.05) is 32.6 Å². The van der Waals surface area contributed by atoms with Crippen molar-refractivity contribution < 1.29 is 9.59 Å². The summed E-state index contributed by atoms with van der Waals surface area (Å²) in [5, 5.41) is 2.61. The van der Waals surface area contributed by atoms with Crippen molar-refractivity contribution in [2.24, 2.45) is 23.5 Å². The monoisotopic (exact) mass is 283 g/mol. The highest BCUT2D eigenvalue weighted by Gasteiger charge is 2.30. The fourth-order valence-electron chi connectivity index (χ4n) is 3.10. The van der Waals surface area contributed by atoms with Crippen LogP contribution in [-0.2, 0) is 9.59 Å². The Hall–Kier alpha value is -1.10. The molecular weight excluding hydrogens is 254 g/mol. The minimum atomic E-state index is -0.185. The number of nitrogens with two attached hydrogens (primary N) is 1. The first-order valence-corrected chi connectivity index (χ1v) is 7.59. The predicted molar refractivity (Wildman–Crippen MR) is 80.0 cm³/mol. The zero-order valence-corrected chi connectivity index (χ0v) is 13.2. The lowest BCUT2D eigenvalue weighted by molar-refractivity contribution is -0.137. The Balaban J connectivity index is 2.52. The molecule has 1 fully saturated rings. The second-order valence-electron chi connectivity index (χ2n) is 6.21. The van der Waals surface area contributed by atoms with E-state index < -0.39 is 0 Å². The van der Waals surface area contributed by atoms with Crippen LogP contribution in [0.1, 0.15) is 39.5 Å². The van der Waals surface area contributed by atoms with Gasteiger partial charge < -0.3 is 16.0 Å². The Bertz CT molecular complexity index is 346. The molecule has 0 aromatic rings. The van der Waals surface area contributed by atoms with E-state index in [4.69, 9.17) is 5.73 Å². The summed E-state index contributed by atoms with van der Waals surface area (Å²) in [6.45, 7) is 4.29. The van der Waals surface area contributed by atoms with E-state index >= 15 is 0 Å². The van der Waals surface area contributed by atoms with Gasteiger partial charge >= 0.3 is 0 Å². The van der Waals surface area contributed by atoms with Crippen LogP contribution in [0.4, 0.5) is 0 Å².